The van der Waals surface area contributed by atoms with Crippen molar-refractivity contribution in [2.24, 2.45) is 0 Å². The van der Waals surface area contributed by atoms with Crippen LogP contribution in [0.2, 0.25) is 0 Å². The topological polar surface area (TPSA) is 86.3 Å². The fourth-order valence-electron chi connectivity index (χ4n) is 0.465. The molecule has 1 atom stereocenters. The molecule has 1 amide bonds. The van der Waals surface area contributed by atoms with Crippen molar-refractivity contribution in [1.29, 1.82) is 0 Å². The minimum absolute atomic E-state index is 0. The van der Waals surface area contributed by atoms with E-state index in [-0.39, 0.29) is 36.0 Å². The Morgan fingerprint density at radius 3 is 2.25 bits per heavy atom. The molecule has 0 saturated carbocycles. The van der Waals surface area contributed by atoms with Crippen LogP contribution in [0.15, 0.2) is 0 Å². The minimum atomic E-state index is -4.32. The van der Waals surface area contributed by atoms with Crippen molar-refractivity contribution in [3.8, 4) is 0 Å². The van der Waals surface area contributed by atoms with Crippen molar-refractivity contribution in [2.45, 2.75) is 18.6 Å². The molecule has 1 unspecified atom stereocenters. The summed E-state index contributed by atoms with van der Waals surface area (Å²) in [6, 6.07) is 0. The number of carbonyl (C=O) groups excluding carboxylic acids is 1. The number of carbonyl (C=O) groups is 1. The molecule has 7 heteroatoms. The molecule has 0 aromatic heterocycles. The van der Waals surface area contributed by atoms with Crippen LogP contribution >= 0.6 is 0 Å². The molecular weight excluding hydrogens is 193 g/mol. The van der Waals surface area contributed by atoms with E-state index in [2.05, 4.69) is 5.32 Å². The largest absolute Gasteiger partial charge is 1.00 e. The molecule has 12 heavy (non-hydrogen) atoms. The second kappa shape index (κ2) is 5.93. The van der Waals surface area contributed by atoms with E-state index in [1.807, 2.05) is 0 Å². The Morgan fingerprint density at radius 2 is 2.00 bits per heavy atom. The predicted molar refractivity (Wildman–Crippen MR) is 37.8 cm³/mol. The number of amides is 1. The summed E-state index contributed by atoms with van der Waals surface area (Å²) in [6.07, 6.45) is -0.275. The first-order valence-electron chi connectivity index (χ1n) is 3.03. The number of rotatable bonds is 3. The summed E-state index contributed by atoms with van der Waals surface area (Å²) in [5.74, 6) is -0.447. The van der Waals surface area contributed by atoms with Gasteiger partial charge in [-0.1, -0.05) is 0 Å². The Kier molecular flexibility index (Phi) is 7.35. The summed E-state index contributed by atoms with van der Waals surface area (Å²) in [7, 11) is -2.94. The zero-order valence-corrected chi connectivity index (χ0v) is 10.1. The predicted octanol–water partition coefficient (Wildman–Crippen LogP) is -3.94. The maximum Gasteiger partial charge on any atom is 1.00 e. The van der Waals surface area contributed by atoms with Crippen molar-refractivity contribution in [1.82, 2.24) is 5.32 Å². The Morgan fingerprint density at radius 1 is 1.58 bits per heavy atom. The Labute approximate surface area is 94.0 Å². The van der Waals surface area contributed by atoms with E-state index in [0.29, 0.717) is 0 Å². The van der Waals surface area contributed by atoms with Gasteiger partial charge in [0.25, 0.3) is 0 Å². The van der Waals surface area contributed by atoms with Gasteiger partial charge < -0.3 is 9.87 Å². The SMILES string of the molecule is CNC(=O)CC(C)S(=O)(=O)[O-].[Na+]. The van der Waals surface area contributed by atoms with Gasteiger partial charge in [0.1, 0.15) is 0 Å². The van der Waals surface area contributed by atoms with Crippen LogP contribution in [0.1, 0.15) is 13.3 Å². The van der Waals surface area contributed by atoms with Crippen LogP contribution in [-0.2, 0) is 14.9 Å². The van der Waals surface area contributed by atoms with Crippen molar-refractivity contribution >= 4 is 16.0 Å². The van der Waals surface area contributed by atoms with Crippen molar-refractivity contribution in [3.63, 3.8) is 0 Å². The molecule has 0 bridgehead atoms. The van der Waals surface area contributed by atoms with Gasteiger partial charge >= 0.3 is 29.6 Å². The summed E-state index contributed by atoms with van der Waals surface area (Å²) < 4.78 is 30.7. The van der Waals surface area contributed by atoms with Gasteiger partial charge in [-0.25, -0.2) is 8.42 Å². The van der Waals surface area contributed by atoms with Crippen LogP contribution in [0.3, 0.4) is 0 Å². The van der Waals surface area contributed by atoms with E-state index in [1.54, 1.807) is 0 Å². The van der Waals surface area contributed by atoms with Crippen molar-refractivity contribution in [2.75, 3.05) is 7.05 Å². The second-order valence-electron chi connectivity index (χ2n) is 2.18. The quantitative estimate of drug-likeness (QED) is 0.375. The molecular formula is C5H10NNaO4S. The third-order valence-electron chi connectivity index (χ3n) is 1.24. The van der Waals surface area contributed by atoms with E-state index in [1.165, 1.54) is 14.0 Å². The molecule has 0 fully saturated rings. The van der Waals surface area contributed by atoms with Gasteiger partial charge in [-0.05, 0) is 6.92 Å². The summed E-state index contributed by atoms with van der Waals surface area (Å²) in [5.41, 5.74) is 0. The van der Waals surface area contributed by atoms with Gasteiger partial charge in [-0.2, -0.15) is 0 Å². The van der Waals surface area contributed by atoms with Crippen LogP contribution in [0.5, 0.6) is 0 Å². The van der Waals surface area contributed by atoms with Crippen LogP contribution in [0, 0.1) is 0 Å². The van der Waals surface area contributed by atoms with Crippen molar-refractivity contribution in [3.05, 3.63) is 0 Å². The fraction of sp³-hybridized carbons (Fsp3) is 0.800. The molecule has 0 heterocycles. The Bertz CT molecular complexity index is 238. The van der Waals surface area contributed by atoms with Crippen LogP contribution in [0.25, 0.3) is 0 Å². The molecule has 0 aliphatic carbocycles. The minimum Gasteiger partial charge on any atom is -0.748 e. The monoisotopic (exact) mass is 203 g/mol. The average Bonchev–Trinajstić information content (AvgIpc) is 1.85. The Balaban J connectivity index is 0. The summed E-state index contributed by atoms with van der Waals surface area (Å²) in [5, 5.41) is 1.08. The number of nitrogens with one attached hydrogen (secondary N) is 1. The van der Waals surface area contributed by atoms with Gasteiger partial charge in [0.05, 0.1) is 15.4 Å². The van der Waals surface area contributed by atoms with E-state index < -0.39 is 21.3 Å². The average molecular weight is 203 g/mol. The van der Waals surface area contributed by atoms with E-state index in [4.69, 9.17) is 0 Å². The maximum absolute atomic E-state index is 10.6. The molecule has 0 saturated heterocycles. The third kappa shape index (κ3) is 5.96. The molecule has 0 aromatic carbocycles. The molecule has 5 nitrogen and oxygen atoms in total. The van der Waals surface area contributed by atoms with E-state index in [0.717, 1.165) is 0 Å². The molecule has 0 rings (SSSR count). The van der Waals surface area contributed by atoms with Crippen LogP contribution in [-0.4, -0.2) is 31.2 Å². The standard InChI is InChI=1S/C5H11NO4S.Na/c1-4(11(8,9)10)3-5(7)6-2;/h4H,3H2,1-2H3,(H,6,7)(H,8,9,10);/q;+1/p-1. The first-order valence-corrected chi connectivity index (χ1v) is 4.50. The molecule has 0 aliphatic rings. The zero-order valence-electron chi connectivity index (χ0n) is 7.33. The second-order valence-corrected chi connectivity index (χ2v) is 3.97. The first kappa shape index (κ1) is 14.9. The van der Waals surface area contributed by atoms with E-state index >= 15 is 0 Å². The molecule has 0 aliphatic heterocycles. The van der Waals surface area contributed by atoms with Crippen molar-refractivity contribution < 1.29 is 47.3 Å². The molecule has 66 valence electrons. The van der Waals surface area contributed by atoms with Gasteiger partial charge in [-0.3, -0.25) is 4.79 Å². The molecule has 0 aromatic rings. The van der Waals surface area contributed by atoms with Crippen LogP contribution in [0.4, 0.5) is 0 Å². The maximum atomic E-state index is 10.6. The van der Waals surface area contributed by atoms with Crippen LogP contribution < -0.4 is 34.9 Å². The number of hydrogen-bond donors (Lipinski definition) is 1. The first-order chi connectivity index (χ1) is 4.88. The fourth-order valence-corrected chi connectivity index (χ4v) is 0.821. The Hall–Kier alpha value is 0.380. The number of hydrogen-bond acceptors (Lipinski definition) is 4. The molecule has 0 spiro atoms. The summed E-state index contributed by atoms with van der Waals surface area (Å²) in [4.78, 5) is 10.6. The van der Waals surface area contributed by atoms with Gasteiger partial charge in [0, 0.05) is 13.5 Å². The summed E-state index contributed by atoms with van der Waals surface area (Å²) in [6.45, 7) is 1.21. The van der Waals surface area contributed by atoms with Gasteiger partial charge in [0.2, 0.25) is 5.91 Å². The van der Waals surface area contributed by atoms with E-state index in [9.17, 15) is 17.8 Å². The molecule has 0 radical (unpaired) electrons. The normalized spacial score (nSPS) is 12.9. The summed E-state index contributed by atoms with van der Waals surface area (Å²) >= 11 is 0. The van der Waals surface area contributed by atoms with Gasteiger partial charge in [0.15, 0.2) is 0 Å². The third-order valence-corrected chi connectivity index (χ3v) is 2.40. The van der Waals surface area contributed by atoms with Gasteiger partial charge in [-0.15, -0.1) is 0 Å². The zero-order chi connectivity index (χ0) is 9.07. The smallest absolute Gasteiger partial charge is 0.748 e. The molecule has 1 N–H and O–H groups in total.